The largest absolute Gasteiger partial charge is 0.417 e. The topological polar surface area (TPSA) is 92.5 Å². The number of nitrogens with one attached hydrogen (secondary N) is 1. The molecular formula is C28H29ClF3N3O4S. The Balaban J connectivity index is 1.47. The van der Waals surface area contributed by atoms with Gasteiger partial charge in [0.1, 0.15) is 5.69 Å². The number of hydrogen-bond donors (Lipinski definition) is 1. The first kappa shape index (κ1) is 29.8. The second-order valence-electron chi connectivity index (χ2n) is 9.97. The van der Waals surface area contributed by atoms with Gasteiger partial charge in [0.15, 0.2) is 10.7 Å². The molecule has 1 aromatic heterocycles. The van der Waals surface area contributed by atoms with Crippen LogP contribution in [0, 0.1) is 33.6 Å². The lowest BCUT2D eigenvalue weighted by atomic mass is 9.97. The van der Waals surface area contributed by atoms with E-state index in [0.29, 0.717) is 0 Å². The van der Waals surface area contributed by atoms with Crippen LogP contribution in [0.4, 0.5) is 18.9 Å². The van der Waals surface area contributed by atoms with Crippen molar-refractivity contribution in [2.45, 2.75) is 51.6 Å². The average Bonchev–Trinajstić information content (AvgIpc) is 3.25. The van der Waals surface area contributed by atoms with E-state index in [1.807, 2.05) is 32.9 Å². The van der Waals surface area contributed by atoms with Gasteiger partial charge in [0.05, 0.1) is 10.6 Å². The molecule has 2 aromatic carbocycles. The molecule has 0 saturated carbocycles. The van der Waals surface area contributed by atoms with E-state index >= 15 is 0 Å². The molecule has 1 amide bonds. The smallest absolute Gasteiger partial charge is 0.355 e. The van der Waals surface area contributed by atoms with Crippen molar-refractivity contribution in [3.8, 4) is 0 Å². The number of anilines is 1. The van der Waals surface area contributed by atoms with Gasteiger partial charge in [-0.25, -0.2) is 8.42 Å². The van der Waals surface area contributed by atoms with Gasteiger partial charge in [-0.2, -0.15) is 17.5 Å². The highest BCUT2D eigenvalue weighted by Gasteiger charge is 2.37. The highest BCUT2D eigenvalue weighted by molar-refractivity contribution is 7.89. The van der Waals surface area contributed by atoms with Gasteiger partial charge >= 0.3 is 6.18 Å². The summed E-state index contributed by atoms with van der Waals surface area (Å²) in [5, 5.41) is 5.91. The number of carbonyl (C=O) groups is 1. The molecule has 1 saturated heterocycles. The first-order valence-electron chi connectivity index (χ1n) is 12.6. The highest BCUT2D eigenvalue weighted by Crippen LogP contribution is 2.36. The Morgan fingerprint density at radius 3 is 2.30 bits per heavy atom. The summed E-state index contributed by atoms with van der Waals surface area (Å²) in [4.78, 5) is 12.7. The zero-order valence-corrected chi connectivity index (χ0v) is 24.0. The summed E-state index contributed by atoms with van der Waals surface area (Å²) in [5.41, 5.74) is 3.31. The SMILES string of the molecule is Cc1cc(C)c(C=Cc2onc(C)c2S(=O)(=O)N2CCC(C(=O)Nc3ccc(Cl)c(C(F)(F)F)c3)CC2)c(C)c1. The first-order chi connectivity index (χ1) is 18.7. The fourth-order valence-corrected chi connectivity index (χ4v) is 6.91. The summed E-state index contributed by atoms with van der Waals surface area (Å²) in [6, 6.07) is 7.22. The number of piperidine rings is 1. The second kappa shape index (κ2) is 11.4. The van der Waals surface area contributed by atoms with Gasteiger partial charge in [-0.15, -0.1) is 0 Å². The summed E-state index contributed by atoms with van der Waals surface area (Å²) in [6.45, 7) is 7.62. The molecule has 40 heavy (non-hydrogen) atoms. The van der Waals surface area contributed by atoms with E-state index in [4.69, 9.17) is 16.1 Å². The van der Waals surface area contributed by atoms with Crippen LogP contribution in [0.3, 0.4) is 0 Å². The van der Waals surface area contributed by atoms with Gasteiger partial charge in [-0.05, 0) is 81.5 Å². The number of aromatic nitrogens is 1. The number of carbonyl (C=O) groups excluding carboxylic acids is 1. The van der Waals surface area contributed by atoms with Crippen molar-refractivity contribution in [3.05, 3.63) is 74.6 Å². The number of benzene rings is 2. The van der Waals surface area contributed by atoms with E-state index in [1.54, 1.807) is 19.1 Å². The van der Waals surface area contributed by atoms with Crippen molar-refractivity contribution in [2.75, 3.05) is 18.4 Å². The molecule has 214 valence electrons. The summed E-state index contributed by atoms with van der Waals surface area (Å²) < 4.78 is 73.3. The number of alkyl halides is 3. The van der Waals surface area contributed by atoms with Gasteiger partial charge in [0.25, 0.3) is 0 Å². The first-order valence-corrected chi connectivity index (χ1v) is 14.4. The van der Waals surface area contributed by atoms with E-state index in [-0.39, 0.29) is 48.0 Å². The molecular weight excluding hydrogens is 567 g/mol. The quantitative estimate of drug-likeness (QED) is 0.339. The summed E-state index contributed by atoms with van der Waals surface area (Å²) in [5.74, 6) is -0.951. The zero-order chi connectivity index (χ0) is 29.4. The Bertz CT molecular complexity index is 1550. The molecule has 1 fully saturated rings. The Morgan fingerprint density at radius 1 is 1.07 bits per heavy atom. The van der Waals surface area contributed by atoms with Crippen molar-refractivity contribution < 1.29 is 30.9 Å². The molecule has 4 rings (SSSR count). The van der Waals surface area contributed by atoms with E-state index < -0.39 is 38.6 Å². The molecule has 0 unspecified atom stereocenters. The van der Waals surface area contributed by atoms with Gasteiger partial charge in [0, 0.05) is 24.7 Å². The van der Waals surface area contributed by atoms with Crippen LogP contribution in [0.15, 0.2) is 39.8 Å². The van der Waals surface area contributed by atoms with Crippen molar-refractivity contribution in [1.29, 1.82) is 0 Å². The third kappa shape index (κ3) is 6.26. The number of halogens is 4. The molecule has 0 spiro atoms. The third-order valence-corrected chi connectivity index (χ3v) is 9.32. The maximum absolute atomic E-state index is 13.6. The normalized spacial score (nSPS) is 15.6. The number of nitrogens with zero attached hydrogens (tertiary/aromatic N) is 2. The van der Waals surface area contributed by atoms with Gasteiger partial charge in [0.2, 0.25) is 15.9 Å². The number of rotatable bonds is 6. The van der Waals surface area contributed by atoms with E-state index in [2.05, 4.69) is 10.5 Å². The summed E-state index contributed by atoms with van der Waals surface area (Å²) >= 11 is 5.65. The molecule has 3 aromatic rings. The van der Waals surface area contributed by atoms with Crippen LogP contribution in [-0.4, -0.2) is 36.9 Å². The maximum Gasteiger partial charge on any atom is 0.417 e. The zero-order valence-electron chi connectivity index (χ0n) is 22.4. The lowest BCUT2D eigenvalue weighted by Crippen LogP contribution is -2.41. The van der Waals surface area contributed by atoms with Crippen molar-refractivity contribution in [1.82, 2.24) is 9.46 Å². The minimum absolute atomic E-state index is 0.0325. The molecule has 2 heterocycles. The second-order valence-corrected chi connectivity index (χ2v) is 12.2. The number of hydrogen-bond acceptors (Lipinski definition) is 5. The fraction of sp³-hybridized carbons (Fsp3) is 0.357. The number of aryl methyl sites for hydroxylation is 4. The predicted molar refractivity (Wildman–Crippen MR) is 147 cm³/mol. The molecule has 0 radical (unpaired) electrons. The number of sulfonamides is 1. The van der Waals surface area contributed by atoms with Gasteiger partial charge in [-0.3, -0.25) is 4.79 Å². The fourth-order valence-electron chi connectivity index (χ4n) is 4.96. The third-order valence-electron chi connectivity index (χ3n) is 6.93. The Kier molecular flexibility index (Phi) is 8.49. The predicted octanol–water partition coefficient (Wildman–Crippen LogP) is 6.79. The molecule has 12 heteroatoms. The molecule has 0 atom stereocenters. The van der Waals surface area contributed by atoms with Crippen LogP contribution in [-0.2, 0) is 21.0 Å². The van der Waals surface area contributed by atoms with Gasteiger partial charge in [-0.1, -0.05) is 40.5 Å². The maximum atomic E-state index is 13.6. The minimum Gasteiger partial charge on any atom is -0.355 e. The van der Waals surface area contributed by atoms with E-state index in [1.165, 1.54) is 10.4 Å². The lowest BCUT2D eigenvalue weighted by molar-refractivity contribution is -0.137. The van der Waals surface area contributed by atoms with E-state index in [0.717, 1.165) is 34.4 Å². The van der Waals surface area contributed by atoms with Crippen LogP contribution < -0.4 is 5.32 Å². The Hall–Kier alpha value is -3.15. The van der Waals surface area contributed by atoms with Crippen LogP contribution in [0.1, 0.15) is 52.1 Å². The summed E-state index contributed by atoms with van der Waals surface area (Å²) in [6.07, 6.45) is -0.868. The number of amides is 1. The van der Waals surface area contributed by atoms with Crippen molar-refractivity contribution in [2.24, 2.45) is 5.92 Å². The van der Waals surface area contributed by atoms with E-state index in [9.17, 15) is 26.4 Å². The Morgan fingerprint density at radius 2 is 1.70 bits per heavy atom. The van der Waals surface area contributed by atoms with Crippen LogP contribution >= 0.6 is 11.6 Å². The standard InChI is InChI=1S/C28H29ClF3N3O4S/c1-16-13-17(2)22(18(3)14-16)6-8-25-26(19(4)34-39-25)40(37,38)35-11-9-20(10-12-35)27(36)33-21-5-7-24(29)23(15-21)28(30,31)32/h5-8,13-15,20H,9-12H2,1-4H3,(H,33,36). The van der Waals surface area contributed by atoms with Gasteiger partial charge < -0.3 is 9.84 Å². The summed E-state index contributed by atoms with van der Waals surface area (Å²) in [7, 11) is -3.99. The molecule has 1 aliphatic heterocycles. The average molecular weight is 596 g/mol. The molecule has 7 nitrogen and oxygen atoms in total. The highest BCUT2D eigenvalue weighted by atomic mass is 35.5. The lowest BCUT2D eigenvalue weighted by Gasteiger charge is -2.30. The monoisotopic (exact) mass is 595 g/mol. The van der Waals surface area contributed by atoms with Crippen LogP contribution in [0.5, 0.6) is 0 Å². The van der Waals surface area contributed by atoms with Crippen LogP contribution in [0.25, 0.3) is 12.2 Å². The van der Waals surface area contributed by atoms with Crippen molar-refractivity contribution in [3.63, 3.8) is 0 Å². The minimum atomic E-state index is -4.66. The molecule has 1 N–H and O–H groups in total. The molecule has 0 bridgehead atoms. The molecule has 0 aliphatic carbocycles. The van der Waals surface area contributed by atoms with Crippen molar-refractivity contribution >= 4 is 45.4 Å². The Labute approximate surface area is 236 Å². The molecule has 1 aliphatic rings. The van der Waals surface area contributed by atoms with Crippen LogP contribution in [0.2, 0.25) is 5.02 Å².